The average Bonchev–Trinajstić information content (AvgIpc) is 2.43. The second kappa shape index (κ2) is 2.75. The number of nitriles is 1. The molecule has 1 aromatic heterocycles. The zero-order chi connectivity index (χ0) is 9.42. The number of aromatic hydroxyl groups is 1. The molecule has 0 fully saturated rings. The van der Waals surface area contributed by atoms with E-state index in [0.29, 0.717) is 11.3 Å². The SMILES string of the molecule is Cc1sc2c(C#N)cccc2c1O. The monoisotopic (exact) mass is 189 g/mol. The summed E-state index contributed by atoms with van der Waals surface area (Å²) in [6.45, 7) is 1.85. The van der Waals surface area contributed by atoms with Crippen LogP contribution >= 0.6 is 11.3 Å². The Hall–Kier alpha value is -1.53. The first-order chi connectivity index (χ1) is 6.24. The lowest BCUT2D eigenvalue weighted by atomic mass is 10.1. The molecule has 1 aromatic carbocycles. The second-order valence-corrected chi connectivity index (χ2v) is 4.03. The lowest BCUT2D eigenvalue weighted by Crippen LogP contribution is -1.71. The second-order valence-electron chi connectivity index (χ2n) is 2.80. The van der Waals surface area contributed by atoms with E-state index in [1.165, 1.54) is 11.3 Å². The Labute approximate surface area is 79.7 Å². The van der Waals surface area contributed by atoms with Gasteiger partial charge in [-0.1, -0.05) is 6.07 Å². The third-order valence-electron chi connectivity index (χ3n) is 1.98. The first kappa shape index (κ1) is 8.09. The molecule has 0 spiro atoms. The summed E-state index contributed by atoms with van der Waals surface area (Å²) in [6, 6.07) is 7.48. The lowest BCUT2D eigenvalue weighted by molar-refractivity contribution is 0.480. The highest BCUT2D eigenvalue weighted by Crippen LogP contribution is 2.37. The van der Waals surface area contributed by atoms with Crippen LogP contribution in [0.1, 0.15) is 10.4 Å². The summed E-state index contributed by atoms with van der Waals surface area (Å²) in [7, 11) is 0. The van der Waals surface area contributed by atoms with Gasteiger partial charge in [0.05, 0.1) is 10.3 Å². The molecule has 0 aliphatic heterocycles. The zero-order valence-corrected chi connectivity index (χ0v) is 7.85. The number of thiophene rings is 1. The predicted molar refractivity (Wildman–Crippen MR) is 52.9 cm³/mol. The minimum atomic E-state index is 0.303. The highest BCUT2D eigenvalue weighted by atomic mass is 32.1. The molecule has 2 rings (SSSR count). The average molecular weight is 189 g/mol. The van der Waals surface area contributed by atoms with Crippen molar-refractivity contribution in [2.24, 2.45) is 0 Å². The van der Waals surface area contributed by atoms with E-state index in [9.17, 15) is 5.11 Å². The first-order valence-corrected chi connectivity index (χ1v) is 4.67. The molecule has 0 unspecified atom stereocenters. The number of rotatable bonds is 0. The fraction of sp³-hybridized carbons (Fsp3) is 0.100. The molecule has 13 heavy (non-hydrogen) atoms. The molecule has 0 radical (unpaired) electrons. The summed E-state index contributed by atoms with van der Waals surface area (Å²) < 4.78 is 0.875. The highest BCUT2D eigenvalue weighted by molar-refractivity contribution is 7.19. The van der Waals surface area contributed by atoms with Crippen molar-refractivity contribution in [1.29, 1.82) is 5.26 Å². The number of nitrogens with zero attached hydrogens (tertiary/aromatic N) is 1. The highest BCUT2D eigenvalue weighted by Gasteiger charge is 2.09. The van der Waals surface area contributed by atoms with Gasteiger partial charge in [-0.05, 0) is 19.1 Å². The molecule has 0 bridgehead atoms. The van der Waals surface area contributed by atoms with Crippen LogP contribution in [0.25, 0.3) is 10.1 Å². The van der Waals surface area contributed by atoms with Crippen molar-refractivity contribution in [3.05, 3.63) is 28.6 Å². The van der Waals surface area contributed by atoms with Gasteiger partial charge in [0.25, 0.3) is 0 Å². The van der Waals surface area contributed by atoms with Gasteiger partial charge in [-0.25, -0.2) is 0 Å². The molecular formula is C10H7NOS. The maximum atomic E-state index is 9.62. The van der Waals surface area contributed by atoms with Crippen molar-refractivity contribution in [1.82, 2.24) is 0 Å². The van der Waals surface area contributed by atoms with Crippen LogP contribution in [0.2, 0.25) is 0 Å². The fourth-order valence-corrected chi connectivity index (χ4v) is 2.32. The molecule has 2 aromatic rings. The summed E-state index contributed by atoms with van der Waals surface area (Å²) in [5.41, 5.74) is 0.630. The fourth-order valence-electron chi connectivity index (χ4n) is 1.31. The summed E-state index contributed by atoms with van der Waals surface area (Å²) in [5.74, 6) is 0.303. The van der Waals surface area contributed by atoms with Crippen LogP contribution in [0.3, 0.4) is 0 Å². The van der Waals surface area contributed by atoms with E-state index in [1.54, 1.807) is 12.1 Å². The molecule has 0 amide bonds. The van der Waals surface area contributed by atoms with Crippen LogP contribution in [0, 0.1) is 18.3 Å². The Bertz CT molecular complexity index is 507. The largest absolute Gasteiger partial charge is 0.506 e. The van der Waals surface area contributed by atoms with E-state index in [0.717, 1.165) is 15.0 Å². The van der Waals surface area contributed by atoms with Gasteiger partial charge in [0.15, 0.2) is 0 Å². The van der Waals surface area contributed by atoms with E-state index >= 15 is 0 Å². The maximum Gasteiger partial charge on any atom is 0.137 e. The van der Waals surface area contributed by atoms with Crippen LogP contribution in [-0.4, -0.2) is 5.11 Å². The smallest absolute Gasteiger partial charge is 0.137 e. The summed E-state index contributed by atoms with van der Waals surface area (Å²) in [5, 5.41) is 19.2. The number of hydrogen-bond acceptors (Lipinski definition) is 3. The van der Waals surface area contributed by atoms with Crippen molar-refractivity contribution in [3.8, 4) is 11.8 Å². The summed E-state index contributed by atoms with van der Waals surface area (Å²) in [4.78, 5) is 0.859. The summed E-state index contributed by atoms with van der Waals surface area (Å²) in [6.07, 6.45) is 0. The molecule has 0 aliphatic carbocycles. The minimum absolute atomic E-state index is 0.303. The van der Waals surface area contributed by atoms with E-state index in [2.05, 4.69) is 6.07 Å². The van der Waals surface area contributed by atoms with Crippen molar-refractivity contribution < 1.29 is 5.11 Å². The van der Waals surface area contributed by atoms with Crippen LogP contribution in [0.5, 0.6) is 5.75 Å². The van der Waals surface area contributed by atoms with Gasteiger partial charge in [0.2, 0.25) is 0 Å². The van der Waals surface area contributed by atoms with Gasteiger partial charge in [0, 0.05) is 10.3 Å². The molecule has 1 N–H and O–H groups in total. The predicted octanol–water partition coefficient (Wildman–Crippen LogP) is 2.79. The molecule has 2 nitrogen and oxygen atoms in total. The minimum Gasteiger partial charge on any atom is -0.506 e. The number of hydrogen-bond donors (Lipinski definition) is 1. The third-order valence-corrected chi connectivity index (χ3v) is 3.12. The van der Waals surface area contributed by atoms with Crippen molar-refractivity contribution in [3.63, 3.8) is 0 Å². The van der Waals surface area contributed by atoms with Gasteiger partial charge in [0.1, 0.15) is 11.8 Å². The van der Waals surface area contributed by atoms with Crippen LogP contribution in [-0.2, 0) is 0 Å². The third kappa shape index (κ3) is 1.07. The van der Waals surface area contributed by atoms with E-state index in [-0.39, 0.29) is 0 Å². The van der Waals surface area contributed by atoms with Crippen molar-refractivity contribution >= 4 is 21.4 Å². The van der Waals surface area contributed by atoms with E-state index in [1.807, 2.05) is 13.0 Å². The molecule has 1 heterocycles. The Morgan fingerprint density at radius 2 is 2.23 bits per heavy atom. The van der Waals surface area contributed by atoms with Crippen LogP contribution in [0.4, 0.5) is 0 Å². The van der Waals surface area contributed by atoms with Gasteiger partial charge >= 0.3 is 0 Å². The lowest BCUT2D eigenvalue weighted by Gasteiger charge is -1.91. The van der Waals surface area contributed by atoms with Crippen LogP contribution in [0.15, 0.2) is 18.2 Å². The quantitative estimate of drug-likeness (QED) is 0.692. The van der Waals surface area contributed by atoms with Crippen molar-refractivity contribution in [2.45, 2.75) is 6.92 Å². The molecule has 64 valence electrons. The first-order valence-electron chi connectivity index (χ1n) is 3.85. The van der Waals surface area contributed by atoms with Gasteiger partial charge in [-0.2, -0.15) is 5.26 Å². The molecule has 0 saturated carbocycles. The van der Waals surface area contributed by atoms with Crippen molar-refractivity contribution in [2.75, 3.05) is 0 Å². The molecule has 3 heteroatoms. The van der Waals surface area contributed by atoms with Crippen LogP contribution < -0.4 is 0 Å². The molecule has 0 atom stereocenters. The Morgan fingerprint density at radius 3 is 2.92 bits per heavy atom. The maximum absolute atomic E-state index is 9.62. The van der Waals surface area contributed by atoms with E-state index < -0.39 is 0 Å². The topological polar surface area (TPSA) is 44.0 Å². The zero-order valence-electron chi connectivity index (χ0n) is 7.03. The molecule has 0 aliphatic rings. The van der Waals surface area contributed by atoms with Gasteiger partial charge in [-0.3, -0.25) is 0 Å². The molecular weight excluding hydrogens is 182 g/mol. The van der Waals surface area contributed by atoms with Gasteiger partial charge in [-0.15, -0.1) is 11.3 Å². The van der Waals surface area contributed by atoms with E-state index in [4.69, 9.17) is 5.26 Å². The molecule has 0 saturated heterocycles. The normalized spacial score (nSPS) is 10.2. The Morgan fingerprint density at radius 1 is 1.46 bits per heavy atom. The van der Waals surface area contributed by atoms with Gasteiger partial charge < -0.3 is 5.11 Å². The standard InChI is InChI=1S/C10H7NOS/c1-6-9(12)8-4-2-3-7(5-11)10(8)13-6/h2-4,12H,1H3. The number of aryl methyl sites for hydroxylation is 1. The number of benzene rings is 1. The Balaban J connectivity index is 2.95. The summed E-state index contributed by atoms with van der Waals surface area (Å²) >= 11 is 1.46. The number of fused-ring (bicyclic) bond motifs is 1. The Kier molecular flexibility index (Phi) is 1.71.